The van der Waals surface area contributed by atoms with Crippen molar-refractivity contribution in [2.45, 2.75) is 26.3 Å². The summed E-state index contributed by atoms with van der Waals surface area (Å²) in [7, 11) is 0. The minimum absolute atomic E-state index is 0.421. The summed E-state index contributed by atoms with van der Waals surface area (Å²) in [6, 6.07) is 9.14. The number of fused-ring (bicyclic) bond motifs is 1. The van der Waals surface area contributed by atoms with Gasteiger partial charge >= 0.3 is 0 Å². The Bertz CT molecular complexity index is 348. The van der Waals surface area contributed by atoms with Crippen LogP contribution in [-0.2, 0) is 6.42 Å². The standard InChI is InChI=1S/C13H17N/c1-10(2)9-13-12-6-4-3-5-11(12)7-8-14-13/h3-6,9,13-14H,7-8H2,1-2H3. The molecular formula is C13H17N. The van der Waals surface area contributed by atoms with E-state index in [2.05, 4.69) is 49.5 Å². The van der Waals surface area contributed by atoms with Gasteiger partial charge in [-0.25, -0.2) is 0 Å². The first-order chi connectivity index (χ1) is 6.77. The number of hydrogen-bond donors (Lipinski definition) is 1. The average molecular weight is 187 g/mol. The SMILES string of the molecule is CC(C)=CC1NCCc2ccccc21. The molecule has 0 fully saturated rings. The molecule has 0 aliphatic carbocycles. The van der Waals surface area contributed by atoms with Gasteiger partial charge in [0.15, 0.2) is 0 Å². The van der Waals surface area contributed by atoms with Crippen LogP contribution in [0.4, 0.5) is 0 Å². The molecule has 2 rings (SSSR count). The number of rotatable bonds is 1. The van der Waals surface area contributed by atoms with E-state index in [9.17, 15) is 0 Å². The average Bonchev–Trinajstić information content (AvgIpc) is 2.18. The van der Waals surface area contributed by atoms with Crippen LogP contribution in [0, 0.1) is 0 Å². The molecular weight excluding hydrogens is 170 g/mol. The largest absolute Gasteiger partial charge is 0.306 e. The van der Waals surface area contributed by atoms with Gasteiger partial charge < -0.3 is 5.32 Å². The summed E-state index contributed by atoms with van der Waals surface area (Å²) in [5, 5.41) is 3.53. The maximum absolute atomic E-state index is 3.53. The molecule has 1 atom stereocenters. The molecule has 0 amide bonds. The van der Waals surface area contributed by atoms with Crippen LogP contribution in [0.5, 0.6) is 0 Å². The van der Waals surface area contributed by atoms with Gasteiger partial charge in [0, 0.05) is 6.54 Å². The van der Waals surface area contributed by atoms with Gasteiger partial charge in [-0.15, -0.1) is 0 Å². The fourth-order valence-corrected chi connectivity index (χ4v) is 2.02. The number of allylic oxidation sites excluding steroid dienone is 1. The van der Waals surface area contributed by atoms with Crippen molar-refractivity contribution in [2.75, 3.05) is 6.54 Å². The highest BCUT2D eigenvalue weighted by atomic mass is 14.9. The zero-order valence-corrected chi connectivity index (χ0v) is 8.88. The van der Waals surface area contributed by atoms with Gasteiger partial charge in [0.05, 0.1) is 6.04 Å². The van der Waals surface area contributed by atoms with E-state index in [0.29, 0.717) is 6.04 Å². The second-order valence-electron chi connectivity index (χ2n) is 4.12. The molecule has 0 bridgehead atoms. The van der Waals surface area contributed by atoms with Crippen molar-refractivity contribution in [2.24, 2.45) is 0 Å². The molecule has 1 unspecified atom stereocenters. The number of benzene rings is 1. The third-order valence-corrected chi connectivity index (χ3v) is 2.65. The van der Waals surface area contributed by atoms with E-state index in [1.807, 2.05) is 0 Å². The molecule has 1 aromatic rings. The molecule has 1 heterocycles. The van der Waals surface area contributed by atoms with Crippen molar-refractivity contribution in [1.29, 1.82) is 0 Å². The van der Waals surface area contributed by atoms with Gasteiger partial charge in [0.2, 0.25) is 0 Å². The second-order valence-corrected chi connectivity index (χ2v) is 4.12. The number of nitrogens with one attached hydrogen (secondary N) is 1. The maximum atomic E-state index is 3.53. The van der Waals surface area contributed by atoms with Crippen LogP contribution in [0.3, 0.4) is 0 Å². The summed E-state index contributed by atoms with van der Waals surface area (Å²) < 4.78 is 0. The highest BCUT2D eigenvalue weighted by Crippen LogP contribution is 2.24. The minimum Gasteiger partial charge on any atom is -0.306 e. The van der Waals surface area contributed by atoms with E-state index in [0.717, 1.165) is 13.0 Å². The molecule has 74 valence electrons. The first kappa shape index (κ1) is 9.47. The Kier molecular flexibility index (Phi) is 2.69. The van der Waals surface area contributed by atoms with Gasteiger partial charge in [-0.05, 0) is 31.4 Å². The highest BCUT2D eigenvalue weighted by molar-refractivity contribution is 5.35. The number of hydrogen-bond acceptors (Lipinski definition) is 1. The van der Waals surface area contributed by atoms with E-state index in [1.165, 1.54) is 16.7 Å². The zero-order chi connectivity index (χ0) is 9.97. The van der Waals surface area contributed by atoms with Crippen molar-refractivity contribution in [1.82, 2.24) is 5.32 Å². The van der Waals surface area contributed by atoms with Crippen LogP contribution in [-0.4, -0.2) is 6.54 Å². The van der Waals surface area contributed by atoms with Crippen LogP contribution in [0.15, 0.2) is 35.9 Å². The summed E-state index contributed by atoms with van der Waals surface area (Å²) >= 11 is 0. The van der Waals surface area contributed by atoms with Gasteiger partial charge in [0.1, 0.15) is 0 Å². The molecule has 0 saturated carbocycles. The third-order valence-electron chi connectivity index (χ3n) is 2.65. The van der Waals surface area contributed by atoms with E-state index < -0.39 is 0 Å². The minimum atomic E-state index is 0.421. The molecule has 1 N–H and O–H groups in total. The van der Waals surface area contributed by atoms with Gasteiger partial charge in [-0.3, -0.25) is 0 Å². The fraction of sp³-hybridized carbons (Fsp3) is 0.385. The van der Waals surface area contributed by atoms with E-state index in [4.69, 9.17) is 0 Å². The van der Waals surface area contributed by atoms with E-state index in [-0.39, 0.29) is 0 Å². The smallest absolute Gasteiger partial charge is 0.0511 e. The van der Waals surface area contributed by atoms with Gasteiger partial charge in [-0.1, -0.05) is 35.9 Å². The molecule has 1 aromatic carbocycles. The first-order valence-corrected chi connectivity index (χ1v) is 5.23. The summed E-state index contributed by atoms with van der Waals surface area (Å²) in [5.74, 6) is 0. The Morgan fingerprint density at radius 1 is 1.36 bits per heavy atom. The zero-order valence-electron chi connectivity index (χ0n) is 8.88. The van der Waals surface area contributed by atoms with E-state index in [1.54, 1.807) is 0 Å². The summed E-state index contributed by atoms with van der Waals surface area (Å²) in [6.45, 7) is 5.39. The normalized spacial score (nSPS) is 20.0. The Morgan fingerprint density at radius 3 is 2.93 bits per heavy atom. The van der Waals surface area contributed by atoms with Crippen molar-refractivity contribution < 1.29 is 0 Å². The lowest BCUT2D eigenvalue weighted by Gasteiger charge is -2.24. The Balaban J connectivity index is 2.35. The van der Waals surface area contributed by atoms with E-state index >= 15 is 0 Å². The molecule has 1 nitrogen and oxygen atoms in total. The van der Waals surface area contributed by atoms with Crippen LogP contribution in [0.2, 0.25) is 0 Å². The maximum Gasteiger partial charge on any atom is 0.0511 e. The Labute approximate surface area is 85.8 Å². The Hall–Kier alpha value is -1.08. The van der Waals surface area contributed by atoms with Gasteiger partial charge in [-0.2, -0.15) is 0 Å². The predicted molar refractivity (Wildman–Crippen MR) is 60.3 cm³/mol. The lowest BCUT2D eigenvalue weighted by Crippen LogP contribution is -2.28. The molecule has 0 saturated heterocycles. The van der Waals surface area contributed by atoms with Crippen LogP contribution >= 0.6 is 0 Å². The van der Waals surface area contributed by atoms with Gasteiger partial charge in [0.25, 0.3) is 0 Å². The monoisotopic (exact) mass is 187 g/mol. The molecule has 1 heteroatoms. The molecule has 1 aliphatic rings. The van der Waals surface area contributed by atoms with Crippen LogP contribution in [0.25, 0.3) is 0 Å². The second kappa shape index (κ2) is 3.97. The molecule has 0 spiro atoms. The first-order valence-electron chi connectivity index (χ1n) is 5.23. The highest BCUT2D eigenvalue weighted by Gasteiger charge is 2.16. The summed E-state index contributed by atoms with van der Waals surface area (Å²) in [4.78, 5) is 0. The van der Waals surface area contributed by atoms with Crippen molar-refractivity contribution in [3.63, 3.8) is 0 Å². The van der Waals surface area contributed by atoms with Crippen LogP contribution in [0.1, 0.15) is 31.0 Å². The topological polar surface area (TPSA) is 12.0 Å². The van der Waals surface area contributed by atoms with Crippen molar-refractivity contribution in [3.8, 4) is 0 Å². The lowest BCUT2D eigenvalue weighted by molar-refractivity contribution is 0.579. The quantitative estimate of drug-likeness (QED) is 0.667. The molecule has 0 radical (unpaired) electrons. The van der Waals surface area contributed by atoms with Crippen LogP contribution < -0.4 is 5.32 Å². The summed E-state index contributed by atoms with van der Waals surface area (Å²) in [6.07, 6.45) is 3.46. The molecule has 14 heavy (non-hydrogen) atoms. The Morgan fingerprint density at radius 2 is 2.14 bits per heavy atom. The lowest BCUT2D eigenvalue weighted by atomic mass is 9.93. The summed E-state index contributed by atoms with van der Waals surface area (Å²) in [5.41, 5.74) is 4.31. The molecule has 1 aliphatic heterocycles. The fourth-order valence-electron chi connectivity index (χ4n) is 2.02. The predicted octanol–water partition coefficient (Wildman–Crippen LogP) is 2.84. The molecule has 0 aromatic heterocycles. The van der Waals surface area contributed by atoms with Crippen molar-refractivity contribution >= 4 is 0 Å². The van der Waals surface area contributed by atoms with Crippen molar-refractivity contribution in [3.05, 3.63) is 47.0 Å². The third kappa shape index (κ3) is 1.88.